The van der Waals surface area contributed by atoms with Crippen molar-refractivity contribution in [3.63, 3.8) is 0 Å². The molecule has 7 heteroatoms. The molecule has 1 aromatic heterocycles. The monoisotopic (exact) mass is 406 g/mol. The fraction of sp³-hybridized carbons (Fsp3) is 0. The molecule has 0 bridgehead atoms. The average Bonchev–Trinajstić information content (AvgIpc) is 3.07. The number of halogens is 3. The van der Waals surface area contributed by atoms with E-state index in [9.17, 15) is 4.79 Å². The number of rotatable bonds is 4. The van der Waals surface area contributed by atoms with Crippen LogP contribution in [0.2, 0.25) is 15.1 Å². The number of anilines is 2. The highest BCUT2D eigenvalue weighted by Gasteiger charge is 2.07. The number of benzene rings is 2. The minimum absolute atomic E-state index is 0.343. The first-order chi connectivity index (χ1) is 12.4. The maximum absolute atomic E-state index is 12.0. The van der Waals surface area contributed by atoms with Crippen LogP contribution in [0.25, 0.3) is 17.4 Å². The van der Waals surface area contributed by atoms with Crippen molar-refractivity contribution in [2.24, 2.45) is 0 Å². The Hall–Kier alpha value is -2.40. The molecule has 0 radical (unpaired) electrons. The Morgan fingerprint density at radius 3 is 2.50 bits per heavy atom. The van der Waals surface area contributed by atoms with E-state index in [1.54, 1.807) is 54.6 Å². The molecule has 0 unspecified atom stereocenters. The maximum atomic E-state index is 12.0. The third kappa shape index (κ3) is 4.41. The summed E-state index contributed by atoms with van der Waals surface area (Å²) >= 11 is 18.0. The number of amides is 1. The number of furan rings is 1. The molecule has 4 nitrogen and oxygen atoms in total. The molecular weight excluding hydrogens is 395 g/mol. The second kappa shape index (κ2) is 7.87. The van der Waals surface area contributed by atoms with Gasteiger partial charge in [0, 0.05) is 17.3 Å². The normalized spacial score (nSPS) is 11.0. The number of nitrogens with one attached hydrogen (secondary N) is 1. The van der Waals surface area contributed by atoms with Crippen molar-refractivity contribution < 1.29 is 9.21 Å². The Morgan fingerprint density at radius 1 is 0.962 bits per heavy atom. The summed E-state index contributed by atoms with van der Waals surface area (Å²) in [5.74, 6) is 0.791. The zero-order valence-electron chi connectivity index (χ0n) is 13.3. The third-order valence-corrected chi connectivity index (χ3v) is 4.53. The molecule has 1 heterocycles. The summed E-state index contributed by atoms with van der Waals surface area (Å²) < 4.78 is 5.69. The van der Waals surface area contributed by atoms with Gasteiger partial charge in [0.25, 0.3) is 0 Å². The molecule has 1 amide bonds. The van der Waals surface area contributed by atoms with E-state index in [1.165, 1.54) is 6.08 Å². The topological polar surface area (TPSA) is 68.3 Å². The van der Waals surface area contributed by atoms with Crippen LogP contribution in [-0.4, -0.2) is 5.91 Å². The molecule has 3 aromatic rings. The predicted octanol–water partition coefficient (Wildman–Crippen LogP) is 6.14. The molecular formula is C19H13Cl3N2O2. The van der Waals surface area contributed by atoms with Gasteiger partial charge in [0.1, 0.15) is 11.5 Å². The first-order valence-corrected chi connectivity index (χ1v) is 8.65. The van der Waals surface area contributed by atoms with E-state index in [4.69, 9.17) is 45.0 Å². The summed E-state index contributed by atoms with van der Waals surface area (Å²) in [4.78, 5) is 12.0. The van der Waals surface area contributed by atoms with Gasteiger partial charge in [0.15, 0.2) is 0 Å². The third-order valence-electron chi connectivity index (χ3n) is 3.48. The van der Waals surface area contributed by atoms with E-state index in [0.29, 0.717) is 38.0 Å². The molecule has 0 aliphatic heterocycles. The number of hydrogen-bond donors (Lipinski definition) is 2. The summed E-state index contributed by atoms with van der Waals surface area (Å²) in [6.45, 7) is 0. The van der Waals surface area contributed by atoms with Gasteiger partial charge in [-0.1, -0.05) is 34.8 Å². The number of hydrogen-bond acceptors (Lipinski definition) is 3. The summed E-state index contributed by atoms with van der Waals surface area (Å²) in [5.41, 5.74) is 7.41. The van der Waals surface area contributed by atoms with Gasteiger partial charge in [-0.25, -0.2) is 0 Å². The fourth-order valence-electron chi connectivity index (χ4n) is 2.21. The molecule has 3 rings (SSSR count). The van der Waals surface area contributed by atoms with Crippen LogP contribution in [0.3, 0.4) is 0 Å². The number of nitrogens with two attached hydrogens (primary N) is 1. The SMILES string of the molecule is Nc1ccc(NC(=O)/C=C/c2ccc(-c3ccc(Cl)c(Cl)c3)o2)c(Cl)c1. The number of nitrogen functional groups attached to an aromatic ring is 1. The lowest BCUT2D eigenvalue weighted by Gasteiger charge is -2.05. The van der Waals surface area contributed by atoms with Gasteiger partial charge in [-0.05, 0) is 54.6 Å². The Balaban J connectivity index is 1.69. The minimum atomic E-state index is -0.343. The minimum Gasteiger partial charge on any atom is -0.457 e. The van der Waals surface area contributed by atoms with Crippen molar-refractivity contribution in [1.82, 2.24) is 0 Å². The molecule has 132 valence electrons. The quantitative estimate of drug-likeness (QED) is 0.403. The van der Waals surface area contributed by atoms with Crippen LogP contribution in [0, 0.1) is 0 Å². The van der Waals surface area contributed by atoms with Gasteiger partial charge in [-0.2, -0.15) is 0 Å². The van der Waals surface area contributed by atoms with Crippen LogP contribution in [-0.2, 0) is 4.79 Å². The summed E-state index contributed by atoms with van der Waals surface area (Å²) in [5, 5.41) is 3.95. The van der Waals surface area contributed by atoms with Crippen molar-refractivity contribution in [2.75, 3.05) is 11.1 Å². The van der Waals surface area contributed by atoms with E-state index in [1.807, 2.05) is 0 Å². The second-order valence-corrected chi connectivity index (χ2v) is 6.61. The van der Waals surface area contributed by atoms with Crippen LogP contribution in [0.4, 0.5) is 11.4 Å². The van der Waals surface area contributed by atoms with E-state index < -0.39 is 0 Å². The molecule has 0 spiro atoms. The summed E-state index contributed by atoms with van der Waals surface area (Å²) in [6, 6.07) is 13.6. The first-order valence-electron chi connectivity index (χ1n) is 7.52. The zero-order valence-corrected chi connectivity index (χ0v) is 15.6. The van der Waals surface area contributed by atoms with Crippen LogP contribution >= 0.6 is 34.8 Å². The molecule has 0 aliphatic rings. The smallest absolute Gasteiger partial charge is 0.248 e. The van der Waals surface area contributed by atoms with Crippen LogP contribution < -0.4 is 11.1 Å². The van der Waals surface area contributed by atoms with Gasteiger partial charge in [-0.3, -0.25) is 4.79 Å². The highest BCUT2D eigenvalue weighted by atomic mass is 35.5. The lowest BCUT2D eigenvalue weighted by atomic mass is 10.2. The van der Waals surface area contributed by atoms with Crippen molar-refractivity contribution in [3.05, 3.63) is 75.4 Å². The molecule has 26 heavy (non-hydrogen) atoms. The van der Waals surface area contributed by atoms with E-state index in [2.05, 4.69) is 5.32 Å². The van der Waals surface area contributed by atoms with Crippen molar-refractivity contribution in [1.29, 1.82) is 0 Å². The van der Waals surface area contributed by atoms with Crippen molar-refractivity contribution in [2.45, 2.75) is 0 Å². The van der Waals surface area contributed by atoms with Crippen LogP contribution in [0.1, 0.15) is 5.76 Å². The second-order valence-electron chi connectivity index (χ2n) is 5.39. The molecule has 2 aromatic carbocycles. The summed E-state index contributed by atoms with van der Waals surface area (Å²) in [6.07, 6.45) is 2.91. The van der Waals surface area contributed by atoms with Crippen molar-refractivity contribution in [3.8, 4) is 11.3 Å². The largest absolute Gasteiger partial charge is 0.457 e. The van der Waals surface area contributed by atoms with E-state index in [0.717, 1.165) is 5.56 Å². The maximum Gasteiger partial charge on any atom is 0.248 e. The van der Waals surface area contributed by atoms with Gasteiger partial charge in [0.2, 0.25) is 5.91 Å². The van der Waals surface area contributed by atoms with Gasteiger partial charge >= 0.3 is 0 Å². The van der Waals surface area contributed by atoms with E-state index >= 15 is 0 Å². The average molecular weight is 408 g/mol. The molecule has 0 atom stereocenters. The van der Waals surface area contributed by atoms with Crippen LogP contribution in [0.5, 0.6) is 0 Å². The Kier molecular flexibility index (Phi) is 5.57. The highest BCUT2D eigenvalue weighted by Crippen LogP contribution is 2.30. The van der Waals surface area contributed by atoms with Gasteiger partial charge in [0.05, 0.1) is 20.8 Å². The van der Waals surface area contributed by atoms with Gasteiger partial charge in [-0.15, -0.1) is 0 Å². The molecule has 3 N–H and O–H groups in total. The first kappa shape index (κ1) is 18.4. The fourth-order valence-corrected chi connectivity index (χ4v) is 2.75. The van der Waals surface area contributed by atoms with Crippen molar-refractivity contribution >= 4 is 58.2 Å². The predicted molar refractivity (Wildman–Crippen MR) is 108 cm³/mol. The molecule has 0 saturated carbocycles. The highest BCUT2D eigenvalue weighted by molar-refractivity contribution is 6.42. The Bertz CT molecular complexity index is 996. The molecule has 0 saturated heterocycles. The van der Waals surface area contributed by atoms with Crippen LogP contribution in [0.15, 0.2) is 59.0 Å². The molecule has 0 aliphatic carbocycles. The Morgan fingerprint density at radius 2 is 1.77 bits per heavy atom. The lowest BCUT2D eigenvalue weighted by Crippen LogP contribution is -2.08. The van der Waals surface area contributed by atoms with Gasteiger partial charge < -0.3 is 15.5 Å². The lowest BCUT2D eigenvalue weighted by molar-refractivity contribution is -0.111. The summed E-state index contributed by atoms with van der Waals surface area (Å²) in [7, 11) is 0. The Labute approximate surface area is 165 Å². The number of carbonyl (C=O) groups is 1. The standard InChI is InChI=1S/C19H13Cl3N2O2/c20-14-5-1-11(9-15(14)21)18-7-3-13(26-18)4-8-19(25)24-17-6-2-12(23)10-16(17)22/h1-10H,23H2,(H,24,25)/b8-4+. The molecule has 0 fully saturated rings. The number of carbonyl (C=O) groups excluding carboxylic acids is 1. The zero-order chi connectivity index (χ0) is 18.7. The van der Waals surface area contributed by atoms with E-state index in [-0.39, 0.29) is 5.91 Å².